The van der Waals surface area contributed by atoms with Crippen molar-refractivity contribution in [3.05, 3.63) is 29.8 Å². The first-order valence-electron chi connectivity index (χ1n) is 9.36. The van der Waals surface area contributed by atoms with Crippen molar-refractivity contribution < 1.29 is 14.5 Å². The van der Waals surface area contributed by atoms with Crippen LogP contribution in [0.4, 0.5) is 5.69 Å². The number of aryl methyl sites for hydroxylation is 1. The summed E-state index contributed by atoms with van der Waals surface area (Å²) in [6.45, 7) is 6.37. The van der Waals surface area contributed by atoms with Crippen LogP contribution in [0.15, 0.2) is 24.3 Å². The summed E-state index contributed by atoms with van der Waals surface area (Å²) in [7, 11) is 1.89. The Labute approximate surface area is 151 Å². The third-order valence-corrected chi connectivity index (χ3v) is 5.35. The van der Waals surface area contributed by atoms with E-state index in [-0.39, 0.29) is 30.4 Å². The van der Waals surface area contributed by atoms with Gasteiger partial charge in [-0.25, -0.2) is 0 Å². The summed E-state index contributed by atoms with van der Waals surface area (Å²) >= 11 is 0. The van der Waals surface area contributed by atoms with Crippen molar-refractivity contribution >= 4 is 17.5 Å². The Kier molecular flexibility index (Phi) is 7.00. The number of benzene rings is 1. The molecule has 5 heteroatoms. The zero-order valence-electron chi connectivity index (χ0n) is 15.9. The van der Waals surface area contributed by atoms with Gasteiger partial charge in [0.15, 0.2) is 12.6 Å². The maximum absolute atomic E-state index is 12.5. The maximum atomic E-state index is 12.5. The standard InChI is InChI=1S/C20H31N3O2/c1-14-9-11-17(12-10-14)21-19(24)13-23(4)16(3)20(25)22-18-8-6-5-7-15(18)2/h9-12,15-16,18H,5-8,13H2,1-4H3,(H,21,24)(H,22,25)/p+1/t15-,16-,18+/m0/s1. The molecule has 0 radical (unpaired) electrons. The molecular weight excluding hydrogens is 314 g/mol. The molecular formula is C20H32N3O2+. The van der Waals surface area contributed by atoms with Gasteiger partial charge in [0.05, 0.1) is 7.05 Å². The lowest BCUT2D eigenvalue weighted by Gasteiger charge is -2.31. The fraction of sp³-hybridized carbons (Fsp3) is 0.600. The summed E-state index contributed by atoms with van der Waals surface area (Å²) in [5.74, 6) is 0.501. The molecule has 0 bridgehead atoms. The van der Waals surface area contributed by atoms with E-state index in [0.29, 0.717) is 5.92 Å². The van der Waals surface area contributed by atoms with Crippen LogP contribution in [-0.4, -0.2) is 37.5 Å². The van der Waals surface area contributed by atoms with Crippen LogP contribution < -0.4 is 15.5 Å². The van der Waals surface area contributed by atoms with Crippen LogP contribution in [-0.2, 0) is 9.59 Å². The van der Waals surface area contributed by atoms with Crippen LogP contribution in [0.5, 0.6) is 0 Å². The molecule has 2 rings (SSSR count). The van der Waals surface area contributed by atoms with Gasteiger partial charge in [0, 0.05) is 11.7 Å². The Morgan fingerprint density at radius 1 is 1.20 bits per heavy atom. The van der Waals surface area contributed by atoms with E-state index in [1.807, 2.05) is 45.2 Å². The molecule has 1 aliphatic carbocycles. The molecule has 2 amide bonds. The molecule has 0 spiro atoms. The van der Waals surface area contributed by atoms with Crippen LogP contribution in [0, 0.1) is 12.8 Å². The molecule has 1 aromatic carbocycles. The topological polar surface area (TPSA) is 62.6 Å². The number of carbonyl (C=O) groups is 2. The van der Waals surface area contributed by atoms with Gasteiger partial charge in [-0.2, -0.15) is 0 Å². The maximum Gasteiger partial charge on any atom is 0.279 e. The van der Waals surface area contributed by atoms with E-state index in [1.165, 1.54) is 19.3 Å². The minimum atomic E-state index is -0.252. The van der Waals surface area contributed by atoms with E-state index in [2.05, 4.69) is 17.6 Å². The molecule has 4 atom stereocenters. The van der Waals surface area contributed by atoms with Crippen molar-refractivity contribution in [3.63, 3.8) is 0 Å². The van der Waals surface area contributed by atoms with Crippen molar-refractivity contribution in [2.24, 2.45) is 5.92 Å². The number of anilines is 1. The SMILES string of the molecule is Cc1ccc(NC(=O)C[NH+](C)[C@@H](C)C(=O)N[C@@H]2CCCC[C@@H]2C)cc1. The second kappa shape index (κ2) is 8.99. The largest absolute Gasteiger partial charge is 0.348 e. The predicted molar refractivity (Wildman–Crippen MR) is 101 cm³/mol. The lowest BCUT2D eigenvalue weighted by Crippen LogP contribution is -3.15. The van der Waals surface area contributed by atoms with Crippen molar-refractivity contribution in [1.29, 1.82) is 0 Å². The third-order valence-electron chi connectivity index (χ3n) is 5.35. The smallest absolute Gasteiger partial charge is 0.279 e. The van der Waals surface area contributed by atoms with Crippen molar-refractivity contribution in [3.8, 4) is 0 Å². The van der Waals surface area contributed by atoms with Gasteiger partial charge in [0.1, 0.15) is 0 Å². The molecule has 1 fully saturated rings. The first-order valence-corrected chi connectivity index (χ1v) is 9.36. The van der Waals surface area contributed by atoms with Crippen molar-refractivity contribution in [1.82, 2.24) is 5.32 Å². The number of hydrogen-bond donors (Lipinski definition) is 3. The van der Waals surface area contributed by atoms with Crippen LogP contribution in [0.25, 0.3) is 0 Å². The zero-order valence-corrected chi connectivity index (χ0v) is 15.9. The Bertz CT molecular complexity index is 585. The van der Waals surface area contributed by atoms with E-state index in [9.17, 15) is 9.59 Å². The van der Waals surface area contributed by atoms with Gasteiger partial charge in [-0.15, -0.1) is 0 Å². The summed E-state index contributed by atoms with van der Waals surface area (Å²) < 4.78 is 0. The van der Waals surface area contributed by atoms with E-state index in [4.69, 9.17) is 0 Å². The lowest BCUT2D eigenvalue weighted by molar-refractivity contribution is -0.885. The molecule has 5 nitrogen and oxygen atoms in total. The fourth-order valence-electron chi connectivity index (χ4n) is 3.31. The molecule has 0 aromatic heterocycles. The molecule has 1 unspecified atom stereocenters. The van der Waals surface area contributed by atoms with Gasteiger partial charge in [-0.3, -0.25) is 9.59 Å². The Balaban J connectivity index is 1.81. The lowest BCUT2D eigenvalue weighted by atomic mass is 9.86. The first kappa shape index (κ1) is 19.4. The summed E-state index contributed by atoms with van der Waals surface area (Å²) in [4.78, 5) is 25.6. The number of quaternary nitrogens is 1. The van der Waals surface area contributed by atoms with Crippen LogP contribution in [0.3, 0.4) is 0 Å². The van der Waals surface area contributed by atoms with Crippen LogP contribution in [0.1, 0.15) is 45.1 Å². The number of nitrogens with one attached hydrogen (secondary N) is 3. The van der Waals surface area contributed by atoms with Crippen molar-refractivity contribution in [2.45, 2.75) is 58.5 Å². The molecule has 25 heavy (non-hydrogen) atoms. The quantitative estimate of drug-likeness (QED) is 0.731. The highest BCUT2D eigenvalue weighted by Gasteiger charge is 2.29. The van der Waals surface area contributed by atoms with Crippen LogP contribution >= 0.6 is 0 Å². The minimum Gasteiger partial charge on any atom is -0.348 e. The van der Waals surface area contributed by atoms with Gasteiger partial charge in [-0.05, 0) is 44.7 Å². The number of likely N-dealkylation sites (N-methyl/N-ethyl adjacent to an activating group) is 1. The van der Waals surface area contributed by atoms with Crippen molar-refractivity contribution in [2.75, 3.05) is 18.9 Å². The molecule has 1 aromatic rings. The molecule has 0 heterocycles. The number of amides is 2. The average Bonchev–Trinajstić information content (AvgIpc) is 2.58. The third kappa shape index (κ3) is 5.85. The highest BCUT2D eigenvalue weighted by Crippen LogP contribution is 2.23. The average molecular weight is 346 g/mol. The molecule has 0 saturated heterocycles. The first-order chi connectivity index (χ1) is 11.9. The molecule has 138 valence electrons. The number of rotatable bonds is 6. The Morgan fingerprint density at radius 2 is 1.84 bits per heavy atom. The number of carbonyl (C=O) groups excluding carboxylic acids is 2. The molecule has 1 saturated carbocycles. The normalized spacial score (nSPS) is 22.7. The van der Waals surface area contributed by atoms with E-state index < -0.39 is 0 Å². The van der Waals surface area contributed by atoms with Gasteiger partial charge in [0.25, 0.3) is 11.8 Å². The second-order valence-electron chi connectivity index (χ2n) is 7.54. The summed E-state index contributed by atoms with van der Waals surface area (Å²) in [5.41, 5.74) is 1.94. The van der Waals surface area contributed by atoms with E-state index >= 15 is 0 Å². The monoisotopic (exact) mass is 346 g/mol. The highest BCUT2D eigenvalue weighted by molar-refractivity contribution is 5.91. The van der Waals surface area contributed by atoms with E-state index in [1.54, 1.807) is 0 Å². The summed E-state index contributed by atoms with van der Waals surface area (Å²) in [6.07, 6.45) is 4.69. The Hall–Kier alpha value is -1.88. The predicted octanol–water partition coefficient (Wildman–Crippen LogP) is 1.53. The Morgan fingerprint density at radius 3 is 2.48 bits per heavy atom. The highest BCUT2D eigenvalue weighted by atomic mass is 16.2. The number of hydrogen-bond acceptors (Lipinski definition) is 2. The minimum absolute atomic E-state index is 0.0411. The molecule has 0 aliphatic heterocycles. The fourth-order valence-corrected chi connectivity index (χ4v) is 3.31. The summed E-state index contributed by atoms with van der Waals surface area (Å²) in [5, 5.41) is 6.08. The van der Waals surface area contributed by atoms with Gasteiger partial charge in [0.2, 0.25) is 0 Å². The van der Waals surface area contributed by atoms with E-state index in [0.717, 1.165) is 22.6 Å². The van der Waals surface area contributed by atoms with Crippen LogP contribution in [0.2, 0.25) is 0 Å². The van der Waals surface area contributed by atoms with Gasteiger partial charge in [-0.1, -0.05) is 37.5 Å². The van der Waals surface area contributed by atoms with Gasteiger partial charge >= 0.3 is 0 Å². The summed E-state index contributed by atoms with van der Waals surface area (Å²) in [6, 6.07) is 7.74. The molecule has 3 N–H and O–H groups in total. The second-order valence-corrected chi connectivity index (χ2v) is 7.54. The zero-order chi connectivity index (χ0) is 18.4. The van der Waals surface area contributed by atoms with Gasteiger partial charge < -0.3 is 15.5 Å². The molecule has 1 aliphatic rings.